The summed E-state index contributed by atoms with van der Waals surface area (Å²) in [6, 6.07) is 9.02. The monoisotopic (exact) mass is 372 g/mol. The molecule has 5 heteroatoms. The van der Waals surface area contributed by atoms with E-state index in [1.54, 1.807) is 7.11 Å². The van der Waals surface area contributed by atoms with Crippen LogP contribution in [-0.2, 0) is 17.8 Å². The summed E-state index contributed by atoms with van der Waals surface area (Å²) in [6.45, 7) is 7.32. The van der Waals surface area contributed by atoms with Gasteiger partial charge in [-0.3, -0.25) is 9.89 Å². The van der Waals surface area contributed by atoms with Crippen molar-refractivity contribution in [1.82, 2.24) is 15.1 Å². The lowest BCUT2D eigenvalue weighted by molar-refractivity contribution is 0.157. The molecule has 1 atom stereocenters. The first-order chi connectivity index (χ1) is 13.3. The number of likely N-dealkylation sites (tertiary alicyclic amines) is 2. The third-order valence-corrected chi connectivity index (χ3v) is 5.75. The number of hydrogen-bond donors (Lipinski definition) is 1. The lowest BCUT2D eigenvalue weighted by Gasteiger charge is -2.22. The van der Waals surface area contributed by atoms with E-state index in [0.29, 0.717) is 5.92 Å². The molecule has 0 radical (unpaired) electrons. The number of aliphatic imine (C=N–C) groups is 1. The summed E-state index contributed by atoms with van der Waals surface area (Å²) in [7, 11) is 3.66. The summed E-state index contributed by atoms with van der Waals surface area (Å²) < 4.78 is 5.31. The molecule has 1 aromatic carbocycles. The summed E-state index contributed by atoms with van der Waals surface area (Å²) in [4.78, 5) is 9.45. The summed E-state index contributed by atoms with van der Waals surface area (Å²) in [5, 5.41) is 3.55. The minimum atomic E-state index is 0.616. The highest BCUT2D eigenvalue weighted by Crippen LogP contribution is 2.17. The SMILES string of the molecule is CN=C(NCc1cccc(CN2CCCCCC2)c1)N1CCC(COC)C1. The molecule has 0 bridgehead atoms. The number of benzene rings is 1. The Hall–Kier alpha value is -1.59. The third-order valence-electron chi connectivity index (χ3n) is 5.75. The van der Waals surface area contributed by atoms with Crippen LogP contribution in [0.1, 0.15) is 43.2 Å². The molecule has 0 saturated carbocycles. The van der Waals surface area contributed by atoms with E-state index in [1.807, 2.05) is 7.05 Å². The van der Waals surface area contributed by atoms with Crippen molar-refractivity contribution in [2.45, 2.75) is 45.2 Å². The molecule has 1 N–H and O–H groups in total. The van der Waals surface area contributed by atoms with Gasteiger partial charge >= 0.3 is 0 Å². The first kappa shape index (κ1) is 20.2. The van der Waals surface area contributed by atoms with Crippen molar-refractivity contribution in [3.05, 3.63) is 35.4 Å². The molecule has 1 aromatic rings. The standard InChI is InChI=1S/C22H36N4O/c1-23-22(26-13-10-21(17-26)18-27-2)24-15-19-8-7-9-20(14-19)16-25-11-5-3-4-6-12-25/h7-9,14,21H,3-6,10-13,15-18H2,1-2H3,(H,23,24). The van der Waals surface area contributed by atoms with Gasteiger partial charge in [-0.15, -0.1) is 0 Å². The van der Waals surface area contributed by atoms with Crippen molar-refractivity contribution < 1.29 is 4.74 Å². The molecular weight excluding hydrogens is 336 g/mol. The van der Waals surface area contributed by atoms with Gasteiger partial charge in [-0.2, -0.15) is 0 Å². The van der Waals surface area contributed by atoms with Crippen LogP contribution in [0.15, 0.2) is 29.3 Å². The number of methoxy groups -OCH3 is 1. The smallest absolute Gasteiger partial charge is 0.193 e. The van der Waals surface area contributed by atoms with Gasteiger partial charge in [0, 0.05) is 46.3 Å². The van der Waals surface area contributed by atoms with Crippen LogP contribution >= 0.6 is 0 Å². The van der Waals surface area contributed by atoms with E-state index in [9.17, 15) is 0 Å². The Balaban J connectivity index is 1.51. The minimum Gasteiger partial charge on any atom is -0.384 e. The molecule has 2 fully saturated rings. The number of nitrogens with one attached hydrogen (secondary N) is 1. The van der Waals surface area contributed by atoms with Gasteiger partial charge in [0.1, 0.15) is 0 Å². The molecule has 2 aliphatic rings. The Kier molecular flexibility index (Phi) is 7.96. The van der Waals surface area contributed by atoms with Crippen molar-refractivity contribution in [2.75, 3.05) is 46.9 Å². The zero-order valence-corrected chi connectivity index (χ0v) is 17.1. The van der Waals surface area contributed by atoms with Crippen molar-refractivity contribution in [3.63, 3.8) is 0 Å². The Morgan fingerprint density at radius 1 is 1.15 bits per heavy atom. The van der Waals surface area contributed by atoms with Crippen molar-refractivity contribution in [3.8, 4) is 0 Å². The Morgan fingerprint density at radius 2 is 1.93 bits per heavy atom. The quantitative estimate of drug-likeness (QED) is 0.615. The Morgan fingerprint density at radius 3 is 2.67 bits per heavy atom. The van der Waals surface area contributed by atoms with Gasteiger partial charge in [0.2, 0.25) is 0 Å². The molecule has 0 aromatic heterocycles. The van der Waals surface area contributed by atoms with E-state index in [1.165, 1.54) is 56.3 Å². The van der Waals surface area contributed by atoms with E-state index in [2.05, 4.69) is 44.4 Å². The molecule has 5 nitrogen and oxygen atoms in total. The van der Waals surface area contributed by atoms with Gasteiger partial charge in [-0.05, 0) is 43.5 Å². The van der Waals surface area contributed by atoms with Crippen molar-refractivity contribution in [1.29, 1.82) is 0 Å². The minimum absolute atomic E-state index is 0.616. The lowest BCUT2D eigenvalue weighted by Crippen LogP contribution is -2.39. The van der Waals surface area contributed by atoms with Gasteiger partial charge in [-0.25, -0.2) is 0 Å². The van der Waals surface area contributed by atoms with Crippen LogP contribution in [0.4, 0.5) is 0 Å². The fourth-order valence-electron chi connectivity index (χ4n) is 4.30. The Labute approximate surface area is 164 Å². The predicted octanol–water partition coefficient (Wildman–Crippen LogP) is 3.11. The highest BCUT2D eigenvalue weighted by molar-refractivity contribution is 5.80. The second kappa shape index (κ2) is 10.7. The molecule has 3 rings (SSSR count). The third kappa shape index (κ3) is 6.22. The van der Waals surface area contributed by atoms with Gasteiger partial charge in [0.25, 0.3) is 0 Å². The van der Waals surface area contributed by atoms with Crippen LogP contribution in [0.3, 0.4) is 0 Å². The normalized spacial score (nSPS) is 22.1. The first-order valence-corrected chi connectivity index (χ1v) is 10.5. The molecule has 0 aliphatic carbocycles. The van der Waals surface area contributed by atoms with Gasteiger partial charge in [0.05, 0.1) is 6.61 Å². The second-order valence-corrected chi connectivity index (χ2v) is 7.97. The zero-order chi connectivity index (χ0) is 18.9. The fraction of sp³-hybridized carbons (Fsp3) is 0.682. The van der Waals surface area contributed by atoms with Gasteiger partial charge < -0.3 is 15.0 Å². The summed E-state index contributed by atoms with van der Waals surface area (Å²) in [6.07, 6.45) is 6.65. The molecule has 2 aliphatic heterocycles. The highest BCUT2D eigenvalue weighted by atomic mass is 16.5. The average Bonchev–Trinajstić information content (AvgIpc) is 2.98. The van der Waals surface area contributed by atoms with Crippen molar-refractivity contribution >= 4 is 5.96 Å². The van der Waals surface area contributed by atoms with Crippen LogP contribution in [0.2, 0.25) is 0 Å². The maximum absolute atomic E-state index is 5.31. The van der Waals surface area contributed by atoms with Crippen LogP contribution in [-0.4, -0.2) is 62.7 Å². The average molecular weight is 373 g/mol. The molecule has 150 valence electrons. The van der Waals surface area contributed by atoms with Crippen LogP contribution < -0.4 is 5.32 Å². The molecule has 0 spiro atoms. The van der Waals surface area contributed by atoms with E-state index in [-0.39, 0.29) is 0 Å². The largest absolute Gasteiger partial charge is 0.384 e. The highest BCUT2D eigenvalue weighted by Gasteiger charge is 2.24. The molecule has 0 amide bonds. The maximum Gasteiger partial charge on any atom is 0.193 e. The number of hydrogen-bond acceptors (Lipinski definition) is 3. The summed E-state index contributed by atoms with van der Waals surface area (Å²) in [5.41, 5.74) is 2.75. The molecule has 1 unspecified atom stereocenters. The number of guanidine groups is 1. The summed E-state index contributed by atoms with van der Waals surface area (Å²) in [5.74, 6) is 1.62. The maximum atomic E-state index is 5.31. The molecule has 2 heterocycles. The van der Waals surface area contributed by atoms with E-state index >= 15 is 0 Å². The van der Waals surface area contributed by atoms with Gasteiger partial charge in [-0.1, -0.05) is 37.1 Å². The molecule has 2 saturated heterocycles. The van der Waals surface area contributed by atoms with E-state index in [0.717, 1.165) is 38.7 Å². The number of nitrogens with zero attached hydrogens (tertiary/aromatic N) is 3. The zero-order valence-electron chi connectivity index (χ0n) is 17.1. The van der Waals surface area contributed by atoms with Crippen LogP contribution in [0.5, 0.6) is 0 Å². The van der Waals surface area contributed by atoms with Crippen LogP contribution in [0, 0.1) is 5.92 Å². The number of ether oxygens (including phenoxy) is 1. The summed E-state index contributed by atoms with van der Waals surface area (Å²) >= 11 is 0. The second-order valence-electron chi connectivity index (χ2n) is 7.97. The van der Waals surface area contributed by atoms with Crippen LogP contribution in [0.25, 0.3) is 0 Å². The lowest BCUT2D eigenvalue weighted by atomic mass is 10.1. The fourth-order valence-corrected chi connectivity index (χ4v) is 4.30. The molecular formula is C22H36N4O. The van der Waals surface area contributed by atoms with E-state index in [4.69, 9.17) is 4.74 Å². The van der Waals surface area contributed by atoms with Gasteiger partial charge in [0.15, 0.2) is 5.96 Å². The van der Waals surface area contributed by atoms with Crippen molar-refractivity contribution in [2.24, 2.45) is 10.9 Å². The topological polar surface area (TPSA) is 40.1 Å². The van der Waals surface area contributed by atoms with E-state index < -0.39 is 0 Å². The number of rotatable bonds is 6. The molecule has 27 heavy (non-hydrogen) atoms. The predicted molar refractivity (Wildman–Crippen MR) is 112 cm³/mol. The Bertz CT molecular complexity index is 596. The first-order valence-electron chi connectivity index (χ1n) is 10.5.